The smallest absolute Gasteiger partial charge is 0.416 e. The molecule has 2 aliphatic carbocycles. The summed E-state index contributed by atoms with van der Waals surface area (Å²) in [6, 6.07) is 1.23. The van der Waals surface area contributed by atoms with Crippen molar-refractivity contribution in [1.82, 2.24) is 25.3 Å². The first kappa shape index (κ1) is 40.8. The molecule has 0 radical (unpaired) electrons. The number of amides is 4. The van der Waals surface area contributed by atoms with E-state index in [9.17, 15) is 40.8 Å². The predicted molar refractivity (Wildman–Crippen MR) is 191 cm³/mol. The quantitative estimate of drug-likeness (QED) is 0.266. The molecular weight excluding hydrogens is 747 g/mol. The maximum absolute atomic E-state index is 14.3. The summed E-state index contributed by atoms with van der Waals surface area (Å²) in [6.07, 6.45) is 1.84. The molecule has 0 aromatic heterocycles. The number of benzene rings is 1. The molecule has 3 aliphatic heterocycles. The van der Waals surface area contributed by atoms with Gasteiger partial charge >= 0.3 is 18.4 Å². The lowest BCUT2D eigenvalue weighted by molar-refractivity contribution is -0.141. The fourth-order valence-corrected chi connectivity index (χ4v) is 8.50. The zero-order valence-electron chi connectivity index (χ0n) is 31.3. The van der Waals surface area contributed by atoms with Crippen molar-refractivity contribution in [2.24, 2.45) is 5.92 Å². The van der Waals surface area contributed by atoms with Gasteiger partial charge in [-0.2, -0.15) is 13.2 Å². The van der Waals surface area contributed by atoms with Crippen LogP contribution in [0.5, 0.6) is 0 Å². The van der Waals surface area contributed by atoms with Gasteiger partial charge in [0, 0.05) is 25.4 Å². The van der Waals surface area contributed by atoms with Crippen molar-refractivity contribution in [1.29, 1.82) is 0 Å². The topological polar surface area (TPSA) is 173 Å². The molecule has 3 fully saturated rings. The Morgan fingerprint density at radius 3 is 2.53 bits per heavy atom. The van der Waals surface area contributed by atoms with Crippen molar-refractivity contribution in [3.05, 3.63) is 47.0 Å². The molecule has 6 rings (SSSR count). The number of rotatable bonds is 7. The van der Waals surface area contributed by atoms with Crippen molar-refractivity contribution in [2.45, 2.75) is 132 Å². The lowest BCUT2D eigenvalue weighted by atomic mass is 9.97. The number of allylic oxidation sites excluding steroid dienone is 1. The molecule has 2 saturated carbocycles. The van der Waals surface area contributed by atoms with E-state index in [4.69, 9.17) is 14.3 Å². The number of alkyl carbamates (subject to hydrolysis) is 1. The van der Waals surface area contributed by atoms with E-state index in [2.05, 4.69) is 15.5 Å². The van der Waals surface area contributed by atoms with Crippen LogP contribution in [0.25, 0.3) is 0 Å². The van der Waals surface area contributed by atoms with E-state index in [1.807, 2.05) is 12.2 Å². The second kappa shape index (κ2) is 15.9. The van der Waals surface area contributed by atoms with Crippen LogP contribution in [0.15, 0.2) is 30.4 Å². The van der Waals surface area contributed by atoms with E-state index in [1.54, 1.807) is 20.8 Å². The van der Waals surface area contributed by atoms with Crippen molar-refractivity contribution < 1.29 is 55.1 Å². The number of hydrogen-bond acceptors (Lipinski definition) is 9. The first-order valence-electron chi connectivity index (χ1n) is 18.9. The Labute approximate surface area is 318 Å². The lowest BCUT2D eigenvalue weighted by Gasteiger charge is -2.30. The number of nitrogens with one attached hydrogen (secondary N) is 3. The zero-order chi connectivity index (χ0) is 39.8. The lowest BCUT2D eigenvalue weighted by Crippen LogP contribution is -2.56. The van der Waals surface area contributed by atoms with Crippen LogP contribution >= 0.6 is 0 Å². The van der Waals surface area contributed by atoms with E-state index >= 15 is 0 Å². The average molecular weight is 798 g/mol. The summed E-state index contributed by atoms with van der Waals surface area (Å²) < 4.78 is 76.0. The molecule has 1 aromatic rings. The zero-order valence-corrected chi connectivity index (χ0v) is 32.1. The number of hydrogen-bond donors (Lipinski definition) is 3. The SMILES string of the molecule is CC(C)(C)OC(=O)N[C@H]1CCCCC/C=C\[C@@H]2C[C@@]2(CONS(=O)(=O)C2CC2)NC(=O)[C@@H]2C[C@@H](OC(=O)N3CCc4cc(C(F)(F)F)ccc4C3)CN2C1=O. The Balaban J connectivity index is 1.20. The van der Waals surface area contributed by atoms with Gasteiger partial charge in [-0.15, -0.1) is 0 Å². The molecular formula is C37H50F3N5O9S. The monoisotopic (exact) mass is 797 g/mol. The Morgan fingerprint density at radius 2 is 1.82 bits per heavy atom. The van der Waals surface area contributed by atoms with Crippen molar-refractivity contribution in [3.8, 4) is 0 Å². The third-order valence-corrected chi connectivity index (χ3v) is 12.3. The molecule has 5 atom stereocenters. The van der Waals surface area contributed by atoms with Crippen LogP contribution in [0.2, 0.25) is 0 Å². The van der Waals surface area contributed by atoms with Crippen LogP contribution in [0.3, 0.4) is 0 Å². The van der Waals surface area contributed by atoms with Crippen molar-refractivity contribution >= 4 is 34.0 Å². The van der Waals surface area contributed by atoms with Crippen LogP contribution in [0.4, 0.5) is 22.8 Å². The second-order valence-electron chi connectivity index (χ2n) is 16.2. The van der Waals surface area contributed by atoms with Gasteiger partial charge in [0.1, 0.15) is 23.8 Å². The molecule has 3 N–H and O–H groups in total. The fourth-order valence-electron chi connectivity index (χ4n) is 7.38. The van der Waals surface area contributed by atoms with Crippen molar-refractivity contribution in [3.63, 3.8) is 0 Å². The molecule has 3 heterocycles. The van der Waals surface area contributed by atoms with E-state index < -0.39 is 80.3 Å². The van der Waals surface area contributed by atoms with Gasteiger partial charge in [0.05, 0.1) is 29.5 Å². The average Bonchev–Trinajstić information content (AvgIpc) is 4.02. The summed E-state index contributed by atoms with van der Waals surface area (Å²) in [7, 11) is -3.66. The number of ether oxygens (including phenoxy) is 2. The Bertz CT molecular complexity index is 1780. The highest BCUT2D eigenvalue weighted by Crippen LogP contribution is 2.45. The third-order valence-electron chi connectivity index (χ3n) is 10.6. The standard InChI is InChI=1S/C37H50F3N5O9S/c1-35(2,3)54-33(48)41-29-10-8-6-4-5-7-9-26-19-36(26,22-52-43-55(50,51)28-13-14-28)42-31(46)30-18-27(21-45(30)32(29)47)53-34(49)44-16-15-23-17-25(37(38,39)40)12-11-24(23)20-44/h7,9,11-12,17,26-30,43H,4-6,8,10,13-16,18-22H2,1-3H3,(H,41,48)(H,42,46)/b9-7-/t26-,27-,29+,30+,36+/m1/s1. The van der Waals surface area contributed by atoms with Gasteiger partial charge in [-0.1, -0.05) is 35.9 Å². The number of sulfonamides is 1. The maximum atomic E-state index is 14.3. The summed E-state index contributed by atoms with van der Waals surface area (Å²) in [5.41, 5.74) is -1.53. The van der Waals surface area contributed by atoms with Crippen LogP contribution in [0.1, 0.15) is 95.2 Å². The minimum Gasteiger partial charge on any atom is -0.444 e. The molecule has 5 aliphatic rings. The van der Waals surface area contributed by atoms with Gasteiger partial charge < -0.3 is 29.9 Å². The van der Waals surface area contributed by atoms with Crippen LogP contribution in [-0.2, 0) is 53.1 Å². The van der Waals surface area contributed by atoms with E-state index in [0.717, 1.165) is 31.4 Å². The summed E-state index contributed by atoms with van der Waals surface area (Å²) in [5.74, 6) is -1.28. The number of halogens is 3. The van der Waals surface area contributed by atoms with E-state index in [1.165, 1.54) is 15.9 Å². The van der Waals surface area contributed by atoms with Gasteiger partial charge in [-0.05, 0) is 89.0 Å². The first-order chi connectivity index (χ1) is 25.8. The molecule has 304 valence electrons. The molecule has 14 nitrogen and oxygen atoms in total. The first-order valence-corrected chi connectivity index (χ1v) is 20.4. The molecule has 18 heteroatoms. The van der Waals surface area contributed by atoms with E-state index in [0.29, 0.717) is 36.8 Å². The largest absolute Gasteiger partial charge is 0.444 e. The Morgan fingerprint density at radius 1 is 1.05 bits per heavy atom. The number of nitrogens with zero attached hydrogens (tertiary/aromatic N) is 2. The highest BCUT2D eigenvalue weighted by molar-refractivity contribution is 7.90. The minimum absolute atomic E-state index is 0.0232. The maximum Gasteiger partial charge on any atom is 0.416 e. The molecule has 4 amide bonds. The van der Waals surface area contributed by atoms with Crippen LogP contribution in [-0.4, -0.2) is 96.5 Å². The minimum atomic E-state index is -4.49. The normalized spacial score (nSPS) is 28.4. The summed E-state index contributed by atoms with van der Waals surface area (Å²) in [4.78, 5) is 65.3. The summed E-state index contributed by atoms with van der Waals surface area (Å²) in [5, 5.41) is 5.20. The molecule has 55 heavy (non-hydrogen) atoms. The summed E-state index contributed by atoms with van der Waals surface area (Å²) in [6.45, 7) is 4.89. The van der Waals surface area contributed by atoms with Gasteiger partial charge in [-0.3, -0.25) is 14.4 Å². The Kier molecular flexibility index (Phi) is 11.8. The van der Waals surface area contributed by atoms with Crippen molar-refractivity contribution in [2.75, 3.05) is 19.7 Å². The highest BCUT2D eigenvalue weighted by Gasteiger charge is 2.56. The second-order valence-corrected chi connectivity index (χ2v) is 18.2. The number of carbonyl (C=O) groups is 4. The predicted octanol–water partition coefficient (Wildman–Crippen LogP) is 4.47. The van der Waals surface area contributed by atoms with Gasteiger partial charge in [0.15, 0.2) is 0 Å². The third kappa shape index (κ3) is 10.3. The molecule has 0 unspecified atom stereocenters. The van der Waals surface area contributed by atoms with E-state index in [-0.39, 0.29) is 51.4 Å². The highest BCUT2D eigenvalue weighted by atomic mass is 32.2. The van der Waals surface area contributed by atoms with Gasteiger partial charge in [-0.25, -0.2) is 18.0 Å². The fraction of sp³-hybridized carbons (Fsp3) is 0.676. The van der Waals surface area contributed by atoms with Crippen LogP contribution < -0.4 is 15.5 Å². The Hall–Kier alpha value is -3.90. The number of alkyl halides is 3. The molecule has 0 spiro atoms. The summed E-state index contributed by atoms with van der Waals surface area (Å²) >= 11 is 0. The molecule has 1 aromatic carbocycles. The van der Waals surface area contributed by atoms with Gasteiger partial charge in [0.25, 0.3) is 0 Å². The van der Waals surface area contributed by atoms with Gasteiger partial charge in [0.2, 0.25) is 21.8 Å². The number of fused-ring (bicyclic) bond motifs is 3. The van der Waals surface area contributed by atoms with Crippen LogP contribution in [0, 0.1) is 5.92 Å². The molecule has 0 bridgehead atoms. The number of carbonyl (C=O) groups excluding carboxylic acids is 4. The molecule has 1 saturated heterocycles.